The minimum atomic E-state index is 0.0161. The first-order valence-electron chi connectivity index (χ1n) is 5.86. The minimum Gasteiger partial charge on any atom is -0.295 e. The van der Waals surface area contributed by atoms with E-state index in [0.717, 1.165) is 36.8 Å². The van der Waals surface area contributed by atoms with Crippen molar-refractivity contribution in [2.24, 2.45) is 0 Å². The van der Waals surface area contributed by atoms with Gasteiger partial charge in [-0.1, -0.05) is 38.8 Å². The first-order valence-corrected chi connectivity index (χ1v) is 5.86. The fraction of sp³-hybridized carbons (Fsp3) is 0.571. The van der Waals surface area contributed by atoms with Gasteiger partial charge >= 0.3 is 0 Å². The van der Waals surface area contributed by atoms with Crippen LogP contribution >= 0.6 is 0 Å². The summed E-state index contributed by atoms with van der Waals surface area (Å²) in [6, 6.07) is 2.26. The van der Waals surface area contributed by atoms with Gasteiger partial charge in [0.05, 0.1) is 6.07 Å². The van der Waals surface area contributed by atoms with Gasteiger partial charge in [-0.2, -0.15) is 5.26 Å². The molecular formula is C14H21NO. The molecular weight excluding hydrogens is 198 g/mol. The van der Waals surface area contributed by atoms with Crippen molar-refractivity contribution in [1.82, 2.24) is 0 Å². The number of carbonyl (C=O) groups excluding carboxylic acids is 1. The number of hydrogen-bond donors (Lipinski definition) is 0. The van der Waals surface area contributed by atoms with E-state index in [1.54, 1.807) is 0 Å². The first-order chi connectivity index (χ1) is 7.56. The SMILES string of the molecule is C=C(C/C(CCC)=C(\C#N)CCC)C(C)=O. The Kier molecular flexibility index (Phi) is 7.20. The highest BCUT2D eigenvalue weighted by molar-refractivity contribution is 5.93. The van der Waals surface area contributed by atoms with Crippen molar-refractivity contribution in [2.45, 2.75) is 52.9 Å². The van der Waals surface area contributed by atoms with Gasteiger partial charge in [-0.3, -0.25) is 4.79 Å². The van der Waals surface area contributed by atoms with Gasteiger partial charge in [-0.05, 0) is 31.8 Å². The number of rotatable bonds is 7. The predicted octanol–water partition coefficient (Wildman–Crippen LogP) is 3.94. The number of hydrogen-bond acceptors (Lipinski definition) is 2. The Hall–Kier alpha value is -1.36. The maximum Gasteiger partial charge on any atom is 0.155 e. The second-order valence-electron chi connectivity index (χ2n) is 4.03. The highest BCUT2D eigenvalue weighted by Crippen LogP contribution is 2.22. The first kappa shape index (κ1) is 14.6. The maximum absolute atomic E-state index is 11.1. The summed E-state index contributed by atoms with van der Waals surface area (Å²) in [5.74, 6) is 0.0161. The molecule has 0 aromatic heterocycles. The number of nitriles is 1. The summed E-state index contributed by atoms with van der Waals surface area (Å²) in [4.78, 5) is 11.1. The zero-order chi connectivity index (χ0) is 12.6. The van der Waals surface area contributed by atoms with Crippen molar-refractivity contribution in [2.75, 3.05) is 0 Å². The summed E-state index contributed by atoms with van der Waals surface area (Å²) >= 11 is 0. The third-order valence-corrected chi connectivity index (χ3v) is 2.54. The molecule has 0 radical (unpaired) electrons. The fourth-order valence-corrected chi connectivity index (χ4v) is 1.59. The summed E-state index contributed by atoms with van der Waals surface area (Å²) in [7, 11) is 0. The normalized spacial score (nSPS) is 11.6. The molecule has 16 heavy (non-hydrogen) atoms. The number of nitrogens with zero attached hydrogens (tertiary/aromatic N) is 1. The quantitative estimate of drug-likeness (QED) is 0.480. The molecule has 0 unspecified atom stereocenters. The van der Waals surface area contributed by atoms with Crippen LogP contribution in [-0.4, -0.2) is 5.78 Å². The second kappa shape index (κ2) is 7.87. The highest BCUT2D eigenvalue weighted by Gasteiger charge is 2.09. The lowest BCUT2D eigenvalue weighted by Gasteiger charge is -2.10. The summed E-state index contributed by atoms with van der Waals surface area (Å²) in [5, 5.41) is 9.08. The zero-order valence-electron chi connectivity index (χ0n) is 10.6. The molecule has 0 aliphatic heterocycles. The van der Waals surface area contributed by atoms with Gasteiger partial charge in [0, 0.05) is 5.57 Å². The Morgan fingerprint density at radius 3 is 2.19 bits per heavy atom. The predicted molar refractivity (Wildman–Crippen MR) is 66.9 cm³/mol. The molecule has 0 aromatic rings. The lowest BCUT2D eigenvalue weighted by atomic mass is 9.94. The molecule has 0 bridgehead atoms. The molecule has 0 aliphatic carbocycles. The average molecular weight is 219 g/mol. The van der Waals surface area contributed by atoms with E-state index in [0.29, 0.717) is 12.0 Å². The summed E-state index contributed by atoms with van der Waals surface area (Å²) in [6.07, 6.45) is 4.20. The number of carbonyl (C=O) groups is 1. The third-order valence-electron chi connectivity index (χ3n) is 2.54. The van der Waals surface area contributed by atoms with Crippen molar-refractivity contribution in [1.29, 1.82) is 5.26 Å². The Bertz CT molecular complexity index is 331. The van der Waals surface area contributed by atoms with Crippen LogP contribution in [0, 0.1) is 11.3 Å². The molecule has 0 saturated heterocycles. The Balaban J connectivity index is 4.90. The molecule has 2 nitrogen and oxygen atoms in total. The molecule has 88 valence electrons. The lowest BCUT2D eigenvalue weighted by molar-refractivity contribution is -0.113. The molecule has 0 aliphatic rings. The maximum atomic E-state index is 11.1. The van der Waals surface area contributed by atoms with Crippen LogP contribution in [-0.2, 0) is 4.79 Å². The fourth-order valence-electron chi connectivity index (χ4n) is 1.59. The molecule has 0 amide bonds. The van der Waals surface area contributed by atoms with Crippen LogP contribution in [0.25, 0.3) is 0 Å². The van der Waals surface area contributed by atoms with E-state index < -0.39 is 0 Å². The lowest BCUT2D eigenvalue weighted by Crippen LogP contribution is -1.99. The van der Waals surface area contributed by atoms with Crippen LogP contribution in [0.15, 0.2) is 23.3 Å². The van der Waals surface area contributed by atoms with E-state index in [1.165, 1.54) is 6.92 Å². The van der Waals surface area contributed by atoms with Crippen molar-refractivity contribution in [3.8, 4) is 6.07 Å². The number of Topliss-reactive ketones (excluding diaryl/α,β-unsaturated/α-hetero) is 1. The Morgan fingerprint density at radius 1 is 1.25 bits per heavy atom. The molecule has 0 fully saturated rings. The van der Waals surface area contributed by atoms with Gasteiger partial charge in [-0.15, -0.1) is 0 Å². The van der Waals surface area contributed by atoms with Gasteiger partial charge in [0.15, 0.2) is 5.78 Å². The van der Waals surface area contributed by atoms with E-state index in [-0.39, 0.29) is 5.78 Å². The van der Waals surface area contributed by atoms with E-state index in [4.69, 9.17) is 5.26 Å². The van der Waals surface area contributed by atoms with Gasteiger partial charge in [-0.25, -0.2) is 0 Å². The Morgan fingerprint density at radius 2 is 1.81 bits per heavy atom. The number of ketones is 1. The average Bonchev–Trinajstić information content (AvgIpc) is 2.25. The monoisotopic (exact) mass is 219 g/mol. The van der Waals surface area contributed by atoms with E-state index in [1.807, 2.05) is 0 Å². The van der Waals surface area contributed by atoms with E-state index in [2.05, 4.69) is 26.5 Å². The second-order valence-corrected chi connectivity index (χ2v) is 4.03. The van der Waals surface area contributed by atoms with Crippen molar-refractivity contribution in [3.63, 3.8) is 0 Å². The van der Waals surface area contributed by atoms with Crippen molar-refractivity contribution < 1.29 is 4.79 Å². The van der Waals surface area contributed by atoms with Crippen molar-refractivity contribution in [3.05, 3.63) is 23.3 Å². The van der Waals surface area contributed by atoms with Gasteiger partial charge in [0.25, 0.3) is 0 Å². The minimum absolute atomic E-state index is 0.0161. The van der Waals surface area contributed by atoms with Crippen LogP contribution in [0.2, 0.25) is 0 Å². The molecule has 0 atom stereocenters. The van der Waals surface area contributed by atoms with Gasteiger partial charge in [0.1, 0.15) is 0 Å². The van der Waals surface area contributed by atoms with Gasteiger partial charge < -0.3 is 0 Å². The molecule has 0 aromatic carbocycles. The standard InChI is InChI=1S/C14H21NO/c1-5-7-13(9-11(3)12(4)16)14(10-15)8-6-2/h3,5-9H2,1-2,4H3/b14-13-. The van der Waals surface area contributed by atoms with Crippen LogP contribution < -0.4 is 0 Å². The zero-order valence-corrected chi connectivity index (χ0v) is 10.6. The number of allylic oxidation sites excluding steroid dienone is 3. The summed E-state index contributed by atoms with van der Waals surface area (Å²) in [6.45, 7) is 9.42. The smallest absolute Gasteiger partial charge is 0.155 e. The molecule has 0 rings (SSSR count). The molecule has 0 N–H and O–H groups in total. The van der Waals surface area contributed by atoms with Gasteiger partial charge in [0.2, 0.25) is 0 Å². The molecule has 0 heterocycles. The molecule has 2 heteroatoms. The Labute approximate surface area is 98.7 Å². The van der Waals surface area contributed by atoms with Crippen LogP contribution in [0.4, 0.5) is 0 Å². The summed E-state index contributed by atoms with van der Waals surface area (Å²) < 4.78 is 0. The van der Waals surface area contributed by atoms with E-state index >= 15 is 0 Å². The topological polar surface area (TPSA) is 40.9 Å². The molecule has 0 saturated carbocycles. The van der Waals surface area contributed by atoms with Crippen molar-refractivity contribution >= 4 is 5.78 Å². The van der Waals surface area contributed by atoms with Crippen LogP contribution in [0.1, 0.15) is 52.9 Å². The van der Waals surface area contributed by atoms with E-state index in [9.17, 15) is 4.79 Å². The molecule has 0 spiro atoms. The highest BCUT2D eigenvalue weighted by atomic mass is 16.1. The third kappa shape index (κ3) is 4.93. The largest absolute Gasteiger partial charge is 0.295 e. The van der Waals surface area contributed by atoms with Crippen LogP contribution in [0.5, 0.6) is 0 Å². The van der Waals surface area contributed by atoms with Crippen LogP contribution in [0.3, 0.4) is 0 Å². The summed E-state index contributed by atoms with van der Waals surface area (Å²) in [5.41, 5.74) is 2.53.